The van der Waals surface area contributed by atoms with Crippen LogP contribution in [0.3, 0.4) is 0 Å². The number of hydrogen-bond acceptors (Lipinski definition) is 2. The van der Waals surface area contributed by atoms with E-state index in [0.717, 1.165) is 6.54 Å². The van der Waals surface area contributed by atoms with Crippen molar-refractivity contribution < 1.29 is 0 Å². The molecule has 1 aliphatic rings. The number of nitrogens with zero attached hydrogens (tertiary/aromatic N) is 2. The average Bonchev–Trinajstić information content (AvgIpc) is 2.48. The van der Waals surface area contributed by atoms with Crippen molar-refractivity contribution in [2.24, 2.45) is 0 Å². The SMILES string of the molecule is CCCC[C@H](C)c1ccc(CN2CCN(C)CC2)cc1. The third kappa shape index (κ3) is 4.60. The van der Waals surface area contributed by atoms with Crippen molar-refractivity contribution in [2.75, 3.05) is 33.2 Å². The molecule has 0 saturated carbocycles. The Labute approximate surface area is 124 Å². The zero-order chi connectivity index (χ0) is 14.4. The van der Waals surface area contributed by atoms with Crippen LogP contribution in [0.25, 0.3) is 0 Å². The van der Waals surface area contributed by atoms with Gasteiger partial charge < -0.3 is 4.90 Å². The van der Waals surface area contributed by atoms with Gasteiger partial charge in [-0.25, -0.2) is 0 Å². The van der Waals surface area contributed by atoms with Gasteiger partial charge in [-0.05, 0) is 30.5 Å². The van der Waals surface area contributed by atoms with E-state index in [9.17, 15) is 0 Å². The molecular weight excluding hydrogens is 244 g/mol. The monoisotopic (exact) mass is 274 g/mol. The van der Waals surface area contributed by atoms with E-state index in [4.69, 9.17) is 0 Å². The standard InChI is InChI=1S/C18H30N2/c1-4-5-6-16(2)18-9-7-17(8-10-18)15-20-13-11-19(3)12-14-20/h7-10,16H,4-6,11-15H2,1-3H3/t16-/m0/s1. The first kappa shape index (κ1) is 15.5. The first-order chi connectivity index (χ1) is 9.69. The van der Waals surface area contributed by atoms with E-state index in [2.05, 4.69) is 55.0 Å². The fourth-order valence-electron chi connectivity index (χ4n) is 2.89. The van der Waals surface area contributed by atoms with Gasteiger partial charge in [-0.15, -0.1) is 0 Å². The third-order valence-corrected chi connectivity index (χ3v) is 4.54. The zero-order valence-corrected chi connectivity index (χ0v) is 13.4. The maximum absolute atomic E-state index is 2.56. The molecule has 112 valence electrons. The molecule has 0 amide bonds. The summed E-state index contributed by atoms with van der Waals surface area (Å²) in [6.45, 7) is 10.5. The molecule has 1 saturated heterocycles. The highest BCUT2D eigenvalue weighted by molar-refractivity contribution is 5.25. The summed E-state index contributed by atoms with van der Waals surface area (Å²) in [4.78, 5) is 4.98. The smallest absolute Gasteiger partial charge is 0.0234 e. The quantitative estimate of drug-likeness (QED) is 0.780. The van der Waals surface area contributed by atoms with E-state index in [1.165, 1.54) is 56.6 Å². The van der Waals surface area contributed by atoms with Gasteiger partial charge in [0.2, 0.25) is 0 Å². The van der Waals surface area contributed by atoms with Crippen molar-refractivity contribution >= 4 is 0 Å². The van der Waals surface area contributed by atoms with Gasteiger partial charge in [-0.2, -0.15) is 0 Å². The Hall–Kier alpha value is -0.860. The molecule has 2 heteroatoms. The fourth-order valence-corrected chi connectivity index (χ4v) is 2.89. The van der Waals surface area contributed by atoms with Crippen molar-refractivity contribution in [3.05, 3.63) is 35.4 Å². The van der Waals surface area contributed by atoms with Crippen LogP contribution in [-0.2, 0) is 6.54 Å². The molecule has 0 unspecified atom stereocenters. The second-order valence-electron chi connectivity index (χ2n) is 6.36. The molecule has 1 aliphatic heterocycles. The van der Waals surface area contributed by atoms with Crippen LogP contribution >= 0.6 is 0 Å². The van der Waals surface area contributed by atoms with Gasteiger partial charge >= 0.3 is 0 Å². The lowest BCUT2D eigenvalue weighted by Crippen LogP contribution is -2.43. The minimum atomic E-state index is 0.702. The van der Waals surface area contributed by atoms with E-state index in [0.29, 0.717) is 5.92 Å². The zero-order valence-electron chi connectivity index (χ0n) is 13.4. The molecule has 1 aromatic rings. The summed E-state index contributed by atoms with van der Waals surface area (Å²) in [5.41, 5.74) is 2.96. The highest BCUT2D eigenvalue weighted by atomic mass is 15.2. The molecule has 1 aromatic carbocycles. The summed E-state index contributed by atoms with van der Waals surface area (Å²) in [5.74, 6) is 0.702. The summed E-state index contributed by atoms with van der Waals surface area (Å²) >= 11 is 0. The van der Waals surface area contributed by atoms with Gasteiger partial charge in [-0.3, -0.25) is 4.90 Å². The van der Waals surface area contributed by atoms with Crippen molar-refractivity contribution in [1.29, 1.82) is 0 Å². The lowest BCUT2D eigenvalue weighted by molar-refractivity contribution is 0.148. The normalized spacial score (nSPS) is 19.1. The Morgan fingerprint density at radius 3 is 2.30 bits per heavy atom. The molecule has 0 aliphatic carbocycles. The van der Waals surface area contributed by atoms with Crippen LogP contribution in [0, 0.1) is 0 Å². The van der Waals surface area contributed by atoms with Crippen LogP contribution in [-0.4, -0.2) is 43.0 Å². The van der Waals surface area contributed by atoms with Gasteiger partial charge in [0.05, 0.1) is 0 Å². The molecule has 0 bridgehead atoms. The Balaban J connectivity index is 1.85. The van der Waals surface area contributed by atoms with Crippen LogP contribution in [0.2, 0.25) is 0 Å². The van der Waals surface area contributed by atoms with Crippen LogP contribution < -0.4 is 0 Å². The third-order valence-electron chi connectivity index (χ3n) is 4.54. The number of piperazine rings is 1. The Morgan fingerprint density at radius 1 is 1.05 bits per heavy atom. The van der Waals surface area contributed by atoms with Crippen molar-refractivity contribution in [1.82, 2.24) is 9.80 Å². The van der Waals surface area contributed by atoms with Crippen LogP contribution in [0.5, 0.6) is 0 Å². The second-order valence-corrected chi connectivity index (χ2v) is 6.36. The van der Waals surface area contributed by atoms with Gasteiger partial charge in [0.15, 0.2) is 0 Å². The molecule has 0 radical (unpaired) electrons. The Bertz CT molecular complexity index is 377. The number of hydrogen-bond donors (Lipinski definition) is 0. The lowest BCUT2D eigenvalue weighted by atomic mass is 9.95. The molecule has 1 atom stereocenters. The first-order valence-electron chi connectivity index (χ1n) is 8.18. The molecule has 20 heavy (non-hydrogen) atoms. The fraction of sp³-hybridized carbons (Fsp3) is 0.667. The predicted octanol–water partition coefficient (Wildman–Crippen LogP) is 3.73. The number of unbranched alkanes of at least 4 members (excludes halogenated alkanes) is 1. The molecule has 1 heterocycles. The summed E-state index contributed by atoms with van der Waals surface area (Å²) in [6.07, 6.45) is 3.95. The van der Waals surface area contributed by atoms with E-state index in [1.807, 2.05) is 0 Å². The van der Waals surface area contributed by atoms with Gasteiger partial charge in [0.25, 0.3) is 0 Å². The minimum absolute atomic E-state index is 0.702. The molecule has 0 N–H and O–H groups in total. The molecule has 1 fully saturated rings. The Morgan fingerprint density at radius 2 is 1.70 bits per heavy atom. The maximum atomic E-state index is 2.56. The van der Waals surface area contributed by atoms with E-state index in [1.54, 1.807) is 0 Å². The van der Waals surface area contributed by atoms with Gasteiger partial charge in [-0.1, -0.05) is 51.0 Å². The first-order valence-corrected chi connectivity index (χ1v) is 8.18. The average molecular weight is 274 g/mol. The van der Waals surface area contributed by atoms with Gasteiger partial charge in [0.1, 0.15) is 0 Å². The Kier molecular flexibility index (Phi) is 6.06. The topological polar surface area (TPSA) is 6.48 Å². The number of rotatable bonds is 6. The van der Waals surface area contributed by atoms with Crippen LogP contribution in [0.4, 0.5) is 0 Å². The number of likely N-dealkylation sites (N-methyl/N-ethyl adjacent to an activating group) is 1. The molecule has 0 aromatic heterocycles. The van der Waals surface area contributed by atoms with E-state index >= 15 is 0 Å². The lowest BCUT2D eigenvalue weighted by Gasteiger charge is -2.32. The maximum Gasteiger partial charge on any atom is 0.0234 e. The summed E-state index contributed by atoms with van der Waals surface area (Å²) in [7, 11) is 2.21. The predicted molar refractivity (Wildman–Crippen MR) is 87.2 cm³/mol. The molecule has 2 nitrogen and oxygen atoms in total. The number of benzene rings is 1. The highest BCUT2D eigenvalue weighted by Crippen LogP contribution is 2.22. The highest BCUT2D eigenvalue weighted by Gasteiger charge is 2.13. The van der Waals surface area contributed by atoms with Crippen molar-refractivity contribution in [3.63, 3.8) is 0 Å². The van der Waals surface area contributed by atoms with Gasteiger partial charge in [0, 0.05) is 32.7 Å². The van der Waals surface area contributed by atoms with Crippen LogP contribution in [0.1, 0.15) is 50.2 Å². The van der Waals surface area contributed by atoms with E-state index in [-0.39, 0.29) is 0 Å². The van der Waals surface area contributed by atoms with E-state index < -0.39 is 0 Å². The summed E-state index contributed by atoms with van der Waals surface area (Å²) < 4.78 is 0. The molecular formula is C18H30N2. The van der Waals surface area contributed by atoms with Crippen LogP contribution in [0.15, 0.2) is 24.3 Å². The second kappa shape index (κ2) is 7.80. The largest absolute Gasteiger partial charge is 0.304 e. The minimum Gasteiger partial charge on any atom is -0.304 e. The molecule has 2 rings (SSSR count). The summed E-state index contributed by atoms with van der Waals surface area (Å²) in [5, 5.41) is 0. The van der Waals surface area contributed by atoms with Crippen molar-refractivity contribution in [2.45, 2.75) is 45.6 Å². The summed E-state index contributed by atoms with van der Waals surface area (Å²) in [6, 6.07) is 9.34. The molecule has 0 spiro atoms. The van der Waals surface area contributed by atoms with Crippen molar-refractivity contribution in [3.8, 4) is 0 Å².